The minimum absolute atomic E-state index is 0.553. The summed E-state index contributed by atoms with van der Waals surface area (Å²) in [5, 5.41) is 11.8. The van der Waals surface area contributed by atoms with Crippen LogP contribution in [0.3, 0.4) is 0 Å². The number of benzene rings is 1. The van der Waals surface area contributed by atoms with E-state index in [-0.39, 0.29) is 0 Å². The lowest BCUT2D eigenvalue weighted by Gasteiger charge is -2.14. The summed E-state index contributed by atoms with van der Waals surface area (Å²) >= 11 is 0. The van der Waals surface area contributed by atoms with Crippen molar-refractivity contribution in [1.82, 2.24) is 0 Å². The van der Waals surface area contributed by atoms with Gasteiger partial charge in [0.1, 0.15) is 6.04 Å². The first kappa shape index (κ1) is 11.6. The summed E-state index contributed by atoms with van der Waals surface area (Å²) in [4.78, 5) is 10.7. The molecule has 0 aromatic heterocycles. The maximum atomic E-state index is 10.7. The van der Waals surface area contributed by atoms with Crippen LogP contribution >= 0.6 is 0 Å². The predicted octanol–water partition coefficient (Wildman–Crippen LogP) is 2.52. The monoisotopic (exact) mass is 207 g/mol. The van der Waals surface area contributed by atoms with E-state index < -0.39 is 12.0 Å². The van der Waals surface area contributed by atoms with Crippen LogP contribution in [0.25, 0.3) is 0 Å². The molecule has 0 aliphatic rings. The molecule has 3 heteroatoms. The van der Waals surface area contributed by atoms with E-state index in [1.54, 1.807) is 6.92 Å². The maximum absolute atomic E-state index is 10.7. The van der Waals surface area contributed by atoms with Crippen molar-refractivity contribution in [1.29, 1.82) is 0 Å². The van der Waals surface area contributed by atoms with Crippen LogP contribution in [0.4, 0.5) is 5.69 Å². The third-order valence-electron chi connectivity index (χ3n) is 2.28. The maximum Gasteiger partial charge on any atom is 0.325 e. The van der Waals surface area contributed by atoms with Crippen molar-refractivity contribution < 1.29 is 9.90 Å². The van der Waals surface area contributed by atoms with Gasteiger partial charge >= 0.3 is 5.97 Å². The van der Waals surface area contributed by atoms with Crippen LogP contribution in [0.1, 0.15) is 25.8 Å². The molecule has 1 rings (SSSR count). The van der Waals surface area contributed by atoms with Gasteiger partial charge in [0.15, 0.2) is 0 Å². The standard InChI is InChI=1S/C12H17NO2/c1-3-6-10-7-4-5-8-11(10)13-9(2)12(14)15/h4-5,7-9,13H,3,6H2,1-2H3,(H,14,15). The molecular weight excluding hydrogens is 190 g/mol. The Kier molecular flexibility index (Phi) is 4.16. The van der Waals surface area contributed by atoms with Crippen molar-refractivity contribution in [3.05, 3.63) is 29.8 Å². The molecule has 1 aromatic rings. The normalized spacial score (nSPS) is 12.1. The van der Waals surface area contributed by atoms with Gasteiger partial charge in [0, 0.05) is 5.69 Å². The number of nitrogens with one attached hydrogen (secondary N) is 1. The molecule has 0 saturated heterocycles. The molecule has 0 aliphatic carbocycles. The van der Waals surface area contributed by atoms with E-state index in [0.29, 0.717) is 0 Å². The highest BCUT2D eigenvalue weighted by molar-refractivity contribution is 5.77. The molecule has 0 aliphatic heterocycles. The lowest BCUT2D eigenvalue weighted by Crippen LogP contribution is -2.25. The molecule has 0 saturated carbocycles. The first-order chi connectivity index (χ1) is 7.15. The van der Waals surface area contributed by atoms with E-state index in [1.807, 2.05) is 24.3 Å². The fraction of sp³-hybridized carbons (Fsp3) is 0.417. The van der Waals surface area contributed by atoms with Gasteiger partial charge in [0.2, 0.25) is 0 Å². The lowest BCUT2D eigenvalue weighted by molar-refractivity contribution is -0.137. The molecule has 0 spiro atoms. The molecule has 3 nitrogen and oxygen atoms in total. The largest absolute Gasteiger partial charge is 0.480 e. The third-order valence-corrected chi connectivity index (χ3v) is 2.28. The summed E-state index contributed by atoms with van der Waals surface area (Å²) in [5.41, 5.74) is 2.10. The highest BCUT2D eigenvalue weighted by Crippen LogP contribution is 2.17. The molecule has 15 heavy (non-hydrogen) atoms. The summed E-state index contributed by atoms with van der Waals surface area (Å²) in [6.07, 6.45) is 2.02. The fourth-order valence-corrected chi connectivity index (χ4v) is 1.44. The average Bonchev–Trinajstić information content (AvgIpc) is 2.21. The quantitative estimate of drug-likeness (QED) is 0.780. The highest BCUT2D eigenvalue weighted by Gasteiger charge is 2.11. The van der Waals surface area contributed by atoms with Crippen LogP contribution in [-0.4, -0.2) is 17.1 Å². The number of aliphatic carboxylic acids is 1. The molecule has 2 N–H and O–H groups in total. The number of carboxylic acid groups (broad SMARTS) is 1. The Morgan fingerprint density at radius 1 is 1.47 bits per heavy atom. The SMILES string of the molecule is CCCc1ccccc1NC(C)C(=O)O. The number of hydrogen-bond acceptors (Lipinski definition) is 2. The van der Waals surface area contributed by atoms with Gasteiger partial charge in [-0.25, -0.2) is 0 Å². The van der Waals surface area contributed by atoms with Gasteiger partial charge in [-0.1, -0.05) is 31.5 Å². The topological polar surface area (TPSA) is 49.3 Å². The molecular formula is C12H17NO2. The smallest absolute Gasteiger partial charge is 0.325 e. The Morgan fingerprint density at radius 2 is 2.13 bits per heavy atom. The molecule has 1 unspecified atom stereocenters. The van der Waals surface area contributed by atoms with Crippen molar-refractivity contribution >= 4 is 11.7 Å². The zero-order chi connectivity index (χ0) is 11.3. The van der Waals surface area contributed by atoms with Gasteiger partial charge < -0.3 is 10.4 Å². The van der Waals surface area contributed by atoms with Crippen molar-refractivity contribution in [2.75, 3.05) is 5.32 Å². The minimum atomic E-state index is -0.832. The second-order valence-electron chi connectivity index (χ2n) is 3.61. The molecule has 0 radical (unpaired) electrons. The number of anilines is 1. The van der Waals surface area contributed by atoms with E-state index >= 15 is 0 Å². The van der Waals surface area contributed by atoms with Crippen molar-refractivity contribution in [2.24, 2.45) is 0 Å². The van der Waals surface area contributed by atoms with Crippen LogP contribution < -0.4 is 5.32 Å². The van der Waals surface area contributed by atoms with Crippen molar-refractivity contribution in [2.45, 2.75) is 32.7 Å². The van der Waals surface area contributed by atoms with Gasteiger partial charge in [0.05, 0.1) is 0 Å². The third kappa shape index (κ3) is 3.27. The zero-order valence-corrected chi connectivity index (χ0v) is 9.16. The van der Waals surface area contributed by atoms with Gasteiger partial charge in [-0.15, -0.1) is 0 Å². The summed E-state index contributed by atoms with van der Waals surface area (Å²) < 4.78 is 0. The van der Waals surface area contributed by atoms with Crippen molar-refractivity contribution in [3.63, 3.8) is 0 Å². The molecule has 0 heterocycles. The molecule has 1 atom stereocenters. The van der Waals surface area contributed by atoms with Crippen LogP contribution in [0.15, 0.2) is 24.3 Å². The van der Waals surface area contributed by atoms with E-state index in [1.165, 1.54) is 5.56 Å². The number of rotatable bonds is 5. The summed E-state index contributed by atoms with van der Waals surface area (Å²) in [7, 11) is 0. The lowest BCUT2D eigenvalue weighted by atomic mass is 10.1. The van der Waals surface area contributed by atoms with Gasteiger partial charge in [-0.3, -0.25) is 4.79 Å². The second-order valence-corrected chi connectivity index (χ2v) is 3.61. The highest BCUT2D eigenvalue weighted by atomic mass is 16.4. The number of hydrogen-bond donors (Lipinski definition) is 2. The zero-order valence-electron chi connectivity index (χ0n) is 9.16. The van der Waals surface area contributed by atoms with Crippen LogP contribution in [0.2, 0.25) is 0 Å². The molecule has 0 amide bonds. The second kappa shape index (κ2) is 5.39. The van der Waals surface area contributed by atoms with Crippen molar-refractivity contribution in [3.8, 4) is 0 Å². The van der Waals surface area contributed by atoms with Crippen LogP contribution in [0, 0.1) is 0 Å². The van der Waals surface area contributed by atoms with E-state index in [9.17, 15) is 4.79 Å². The first-order valence-corrected chi connectivity index (χ1v) is 5.22. The number of carboxylic acids is 1. The predicted molar refractivity (Wildman–Crippen MR) is 61.2 cm³/mol. The molecule has 0 fully saturated rings. The molecule has 1 aromatic carbocycles. The summed E-state index contributed by atoms with van der Waals surface area (Å²) in [6, 6.07) is 7.28. The summed E-state index contributed by atoms with van der Waals surface area (Å²) in [6.45, 7) is 3.75. The van der Waals surface area contributed by atoms with Crippen LogP contribution in [0.5, 0.6) is 0 Å². The minimum Gasteiger partial charge on any atom is -0.480 e. The number of aryl methyl sites for hydroxylation is 1. The number of para-hydroxylation sites is 1. The Hall–Kier alpha value is -1.51. The van der Waals surface area contributed by atoms with Gasteiger partial charge in [-0.05, 0) is 25.0 Å². The van der Waals surface area contributed by atoms with E-state index in [4.69, 9.17) is 5.11 Å². The first-order valence-electron chi connectivity index (χ1n) is 5.22. The molecule has 82 valence electrons. The van der Waals surface area contributed by atoms with Gasteiger partial charge in [-0.2, -0.15) is 0 Å². The Labute approximate surface area is 90.1 Å². The van der Waals surface area contributed by atoms with E-state index in [0.717, 1.165) is 18.5 Å². The molecule has 0 bridgehead atoms. The van der Waals surface area contributed by atoms with Crippen LogP contribution in [-0.2, 0) is 11.2 Å². The number of carbonyl (C=O) groups is 1. The van der Waals surface area contributed by atoms with Gasteiger partial charge in [0.25, 0.3) is 0 Å². The Bertz CT molecular complexity index is 336. The summed E-state index contributed by atoms with van der Waals surface area (Å²) in [5.74, 6) is -0.832. The Balaban J connectivity index is 2.79. The fourth-order valence-electron chi connectivity index (χ4n) is 1.44. The Morgan fingerprint density at radius 3 is 2.73 bits per heavy atom. The average molecular weight is 207 g/mol. The van der Waals surface area contributed by atoms with E-state index in [2.05, 4.69) is 12.2 Å².